The zero-order chi connectivity index (χ0) is 12.8. The minimum atomic E-state index is 0.259. The van der Waals surface area contributed by atoms with E-state index < -0.39 is 0 Å². The van der Waals surface area contributed by atoms with E-state index in [1.165, 1.54) is 31.2 Å². The molecule has 2 N–H and O–H groups in total. The molecular formula is C16H25NO. The van der Waals surface area contributed by atoms with E-state index in [9.17, 15) is 5.11 Å². The second-order valence-electron chi connectivity index (χ2n) is 5.41. The Morgan fingerprint density at radius 1 is 1.17 bits per heavy atom. The summed E-state index contributed by atoms with van der Waals surface area (Å²) in [5.41, 5.74) is 1.49. The molecule has 1 fully saturated rings. The highest BCUT2D eigenvalue weighted by Crippen LogP contribution is 2.32. The standard InChI is InChI=1S/C16H25NO/c1-2-15(12-18)17-16-10-8-14(9-11-16)13-6-4-3-5-7-13/h3-7,14-18H,2,8-12H2,1H3/t14?,15-,16?/m1/s1. The molecule has 1 aliphatic rings. The van der Waals surface area contributed by atoms with Gasteiger partial charge in [0.25, 0.3) is 0 Å². The molecule has 2 nitrogen and oxygen atoms in total. The molecule has 1 aromatic carbocycles. The van der Waals surface area contributed by atoms with Gasteiger partial charge in [-0.25, -0.2) is 0 Å². The lowest BCUT2D eigenvalue weighted by Gasteiger charge is -2.31. The molecule has 0 aromatic heterocycles. The summed E-state index contributed by atoms with van der Waals surface area (Å²) in [6.45, 7) is 2.39. The summed E-state index contributed by atoms with van der Waals surface area (Å²) in [5, 5.41) is 12.8. The van der Waals surface area contributed by atoms with Gasteiger partial charge in [-0.1, -0.05) is 37.3 Å². The number of aliphatic hydroxyl groups excluding tert-OH is 1. The molecule has 0 amide bonds. The zero-order valence-corrected chi connectivity index (χ0v) is 11.3. The Labute approximate surface area is 110 Å². The molecule has 0 unspecified atom stereocenters. The van der Waals surface area contributed by atoms with Gasteiger partial charge in [0.05, 0.1) is 6.61 Å². The largest absolute Gasteiger partial charge is 0.395 e. The van der Waals surface area contributed by atoms with Gasteiger partial charge in [-0.15, -0.1) is 0 Å². The van der Waals surface area contributed by atoms with Crippen LogP contribution in [0.2, 0.25) is 0 Å². The normalized spacial score (nSPS) is 25.9. The fraction of sp³-hybridized carbons (Fsp3) is 0.625. The van der Waals surface area contributed by atoms with E-state index in [-0.39, 0.29) is 12.6 Å². The number of nitrogens with one attached hydrogen (secondary N) is 1. The molecule has 100 valence electrons. The van der Waals surface area contributed by atoms with Crippen molar-refractivity contribution >= 4 is 0 Å². The fourth-order valence-corrected chi connectivity index (χ4v) is 2.95. The first kappa shape index (κ1) is 13.6. The van der Waals surface area contributed by atoms with Gasteiger partial charge in [-0.3, -0.25) is 0 Å². The van der Waals surface area contributed by atoms with Crippen molar-refractivity contribution in [3.05, 3.63) is 35.9 Å². The molecule has 0 bridgehead atoms. The fourth-order valence-electron chi connectivity index (χ4n) is 2.95. The van der Waals surface area contributed by atoms with E-state index in [1.54, 1.807) is 0 Å². The number of aliphatic hydroxyl groups is 1. The first-order chi connectivity index (χ1) is 8.83. The molecule has 0 radical (unpaired) electrons. The van der Waals surface area contributed by atoms with E-state index in [4.69, 9.17) is 0 Å². The highest BCUT2D eigenvalue weighted by molar-refractivity contribution is 5.20. The Kier molecular flexibility index (Phi) is 5.21. The molecule has 1 saturated carbocycles. The van der Waals surface area contributed by atoms with Crippen LogP contribution in [0.5, 0.6) is 0 Å². The van der Waals surface area contributed by atoms with Crippen LogP contribution in [-0.2, 0) is 0 Å². The van der Waals surface area contributed by atoms with Gasteiger partial charge in [0.15, 0.2) is 0 Å². The molecule has 2 heteroatoms. The van der Waals surface area contributed by atoms with Crippen LogP contribution < -0.4 is 5.32 Å². The van der Waals surface area contributed by atoms with Gasteiger partial charge in [0, 0.05) is 12.1 Å². The number of hydrogen-bond acceptors (Lipinski definition) is 2. The second kappa shape index (κ2) is 6.91. The lowest BCUT2D eigenvalue weighted by Crippen LogP contribution is -2.41. The minimum absolute atomic E-state index is 0.259. The van der Waals surface area contributed by atoms with Crippen molar-refractivity contribution in [2.75, 3.05) is 6.61 Å². The quantitative estimate of drug-likeness (QED) is 0.838. The summed E-state index contributed by atoms with van der Waals surface area (Å²) >= 11 is 0. The van der Waals surface area contributed by atoms with Crippen molar-refractivity contribution in [1.29, 1.82) is 0 Å². The van der Waals surface area contributed by atoms with Gasteiger partial charge < -0.3 is 10.4 Å². The summed E-state index contributed by atoms with van der Waals surface area (Å²) in [5.74, 6) is 0.735. The third kappa shape index (κ3) is 3.56. The summed E-state index contributed by atoms with van der Waals surface area (Å²) < 4.78 is 0. The highest BCUT2D eigenvalue weighted by Gasteiger charge is 2.23. The van der Waals surface area contributed by atoms with Crippen LogP contribution in [-0.4, -0.2) is 23.8 Å². The predicted octanol–water partition coefficient (Wildman–Crippen LogP) is 3.07. The molecule has 1 atom stereocenters. The first-order valence-corrected chi connectivity index (χ1v) is 7.25. The Bertz CT molecular complexity index is 326. The SMILES string of the molecule is CC[C@H](CO)NC1CCC(c2ccccc2)CC1. The molecule has 1 aromatic rings. The van der Waals surface area contributed by atoms with Crippen LogP contribution in [0.4, 0.5) is 0 Å². The van der Waals surface area contributed by atoms with Crippen molar-refractivity contribution in [2.45, 2.75) is 57.0 Å². The van der Waals surface area contributed by atoms with Crippen LogP contribution in [0.25, 0.3) is 0 Å². The van der Waals surface area contributed by atoms with Gasteiger partial charge >= 0.3 is 0 Å². The lowest BCUT2D eigenvalue weighted by atomic mass is 9.81. The zero-order valence-electron chi connectivity index (χ0n) is 11.3. The van der Waals surface area contributed by atoms with Crippen molar-refractivity contribution in [3.63, 3.8) is 0 Å². The predicted molar refractivity (Wildman–Crippen MR) is 75.7 cm³/mol. The number of benzene rings is 1. The molecule has 0 heterocycles. The van der Waals surface area contributed by atoms with Gasteiger partial charge in [0.1, 0.15) is 0 Å². The van der Waals surface area contributed by atoms with E-state index in [0.717, 1.165) is 12.3 Å². The summed E-state index contributed by atoms with van der Waals surface area (Å²) in [6, 6.07) is 11.7. The maximum Gasteiger partial charge on any atom is 0.0584 e. The maximum atomic E-state index is 9.22. The molecule has 1 aliphatic carbocycles. The van der Waals surface area contributed by atoms with Gasteiger partial charge in [-0.2, -0.15) is 0 Å². The summed E-state index contributed by atoms with van der Waals surface area (Å²) in [4.78, 5) is 0. The number of hydrogen-bond donors (Lipinski definition) is 2. The topological polar surface area (TPSA) is 32.3 Å². The average molecular weight is 247 g/mol. The minimum Gasteiger partial charge on any atom is -0.395 e. The smallest absolute Gasteiger partial charge is 0.0584 e. The van der Waals surface area contributed by atoms with E-state index >= 15 is 0 Å². The van der Waals surface area contributed by atoms with Crippen molar-refractivity contribution in [3.8, 4) is 0 Å². The monoisotopic (exact) mass is 247 g/mol. The molecule has 0 aliphatic heterocycles. The van der Waals surface area contributed by atoms with E-state index in [0.29, 0.717) is 6.04 Å². The van der Waals surface area contributed by atoms with Crippen LogP contribution in [0.1, 0.15) is 50.5 Å². The van der Waals surface area contributed by atoms with Gasteiger partial charge in [-0.05, 0) is 43.6 Å². The molecule has 2 rings (SSSR count). The Hall–Kier alpha value is -0.860. The third-order valence-electron chi connectivity index (χ3n) is 4.18. The lowest BCUT2D eigenvalue weighted by molar-refractivity contribution is 0.212. The van der Waals surface area contributed by atoms with Crippen LogP contribution in [0.3, 0.4) is 0 Å². The third-order valence-corrected chi connectivity index (χ3v) is 4.18. The molecule has 0 saturated heterocycles. The molecule has 0 spiro atoms. The Balaban J connectivity index is 1.81. The van der Waals surface area contributed by atoms with Crippen molar-refractivity contribution in [2.24, 2.45) is 0 Å². The Morgan fingerprint density at radius 3 is 2.39 bits per heavy atom. The van der Waals surface area contributed by atoms with E-state index in [2.05, 4.69) is 42.6 Å². The maximum absolute atomic E-state index is 9.22. The van der Waals surface area contributed by atoms with Crippen LogP contribution in [0, 0.1) is 0 Å². The first-order valence-electron chi connectivity index (χ1n) is 7.25. The molecule has 18 heavy (non-hydrogen) atoms. The van der Waals surface area contributed by atoms with Crippen molar-refractivity contribution < 1.29 is 5.11 Å². The second-order valence-corrected chi connectivity index (χ2v) is 5.41. The average Bonchev–Trinajstić information content (AvgIpc) is 2.46. The van der Waals surface area contributed by atoms with Crippen molar-refractivity contribution in [1.82, 2.24) is 5.32 Å². The number of rotatable bonds is 5. The molecular weight excluding hydrogens is 222 g/mol. The van der Waals surface area contributed by atoms with Gasteiger partial charge in [0.2, 0.25) is 0 Å². The van der Waals surface area contributed by atoms with Crippen LogP contribution >= 0.6 is 0 Å². The highest BCUT2D eigenvalue weighted by atomic mass is 16.3. The van der Waals surface area contributed by atoms with E-state index in [1.807, 2.05) is 0 Å². The Morgan fingerprint density at radius 2 is 1.83 bits per heavy atom. The van der Waals surface area contributed by atoms with Crippen LogP contribution in [0.15, 0.2) is 30.3 Å². The summed E-state index contributed by atoms with van der Waals surface area (Å²) in [6.07, 6.45) is 6.01. The summed E-state index contributed by atoms with van der Waals surface area (Å²) in [7, 11) is 0.